The van der Waals surface area contributed by atoms with E-state index in [1.54, 1.807) is 13.3 Å². The Morgan fingerprint density at radius 1 is 0.771 bits per heavy atom. The van der Waals surface area contributed by atoms with E-state index in [1.165, 1.54) is 0 Å². The quantitative estimate of drug-likeness (QED) is 0.380. The number of pyridine rings is 1. The van der Waals surface area contributed by atoms with Crippen molar-refractivity contribution in [2.45, 2.75) is 19.5 Å². The third kappa shape index (κ3) is 6.32. The van der Waals surface area contributed by atoms with Crippen molar-refractivity contribution in [3.05, 3.63) is 120 Å². The van der Waals surface area contributed by atoms with Gasteiger partial charge in [-0.1, -0.05) is 60.7 Å². The van der Waals surface area contributed by atoms with Gasteiger partial charge in [-0.15, -0.1) is 0 Å². The maximum Gasteiger partial charge on any atom is 0.252 e. The van der Waals surface area contributed by atoms with Crippen LogP contribution < -0.4 is 15.4 Å². The molecule has 2 N–H and O–H groups in total. The zero-order chi connectivity index (χ0) is 24.5. The van der Waals surface area contributed by atoms with Crippen LogP contribution in [0.2, 0.25) is 0 Å². The molecular formula is C29H27N3O3. The van der Waals surface area contributed by atoms with Crippen LogP contribution in [0.25, 0.3) is 11.1 Å². The molecule has 0 aliphatic rings. The summed E-state index contributed by atoms with van der Waals surface area (Å²) in [6, 6.07) is 28.3. The molecule has 4 rings (SSSR count). The van der Waals surface area contributed by atoms with Gasteiger partial charge in [-0.05, 0) is 52.6 Å². The molecule has 1 heterocycles. The van der Waals surface area contributed by atoms with Gasteiger partial charge in [0.15, 0.2) is 0 Å². The van der Waals surface area contributed by atoms with Gasteiger partial charge in [-0.3, -0.25) is 14.6 Å². The molecule has 0 unspecified atom stereocenters. The number of methoxy groups -OCH3 is 1. The number of ether oxygens (including phenoxy) is 1. The summed E-state index contributed by atoms with van der Waals surface area (Å²) in [6.07, 6.45) is 1.98. The van der Waals surface area contributed by atoms with E-state index in [9.17, 15) is 9.59 Å². The van der Waals surface area contributed by atoms with Crippen molar-refractivity contribution in [2.24, 2.45) is 0 Å². The molecule has 6 heteroatoms. The molecule has 176 valence electrons. The average Bonchev–Trinajstić information content (AvgIpc) is 2.92. The lowest BCUT2D eigenvalue weighted by atomic mass is 9.95. The third-order valence-corrected chi connectivity index (χ3v) is 5.64. The van der Waals surface area contributed by atoms with Crippen molar-refractivity contribution in [3.63, 3.8) is 0 Å². The standard InChI is InChI=1S/C29H27N3O3/c1-35-24-15-13-21(14-16-24)18-28(33)31-19-22-8-2-3-10-25(22)26-11-4-5-12-27(26)29(34)32-20-23-9-6-7-17-30-23/h2-17H,18-20H2,1H3,(H,31,33)(H,32,34). The first-order valence-electron chi connectivity index (χ1n) is 11.4. The number of rotatable bonds is 9. The first-order chi connectivity index (χ1) is 17.1. The summed E-state index contributed by atoms with van der Waals surface area (Å²) in [6.45, 7) is 0.701. The number of hydrogen-bond donors (Lipinski definition) is 2. The van der Waals surface area contributed by atoms with Gasteiger partial charge in [-0.2, -0.15) is 0 Å². The highest BCUT2D eigenvalue weighted by Crippen LogP contribution is 2.27. The predicted molar refractivity (Wildman–Crippen MR) is 136 cm³/mol. The maximum atomic E-state index is 13.0. The zero-order valence-electron chi connectivity index (χ0n) is 19.5. The van der Waals surface area contributed by atoms with E-state index >= 15 is 0 Å². The summed E-state index contributed by atoms with van der Waals surface area (Å²) in [4.78, 5) is 29.8. The summed E-state index contributed by atoms with van der Waals surface area (Å²) in [5, 5.41) is 5.95. The van der Waals surface area contributed by atoms with Crippen molar-refractivity contribution >= 4 is 11.8 Å². The Labute approximate surface area is 205 Å². The van der Waals surface area contributed by atoms with E-state index < -0.39 is 0 Å². The number of amides is 2. The fourth-order valence-corrected chi connectivity index (χ4v) is 3.81. The van der Waals surface area contributed by atoms with E-state index in [1.807, 2.05) is 91.0 Å². The molecule has 0 aliphatic heterocycles. The minimum Gasteiger partial charge on any atom is -0.497 e. The topological polar surface area (TPSA) is 80.3 Å². The van der Waals surface area contributed by atoms with Crippen molar-refractivity contribution < 1.29 is 14.3 Å². The van der Waals surface area contributed by atoms with Crippen molar-refractivity contribution in [3.8, 4) is 16.9 Å². The number of nitrogens with zero attached hydrogens (tertiary/aromatic N) is 1. The molecule has 0 atom stereocenters. The van der Waals surface area contributed by atoms with Gasteiger partial charge >= 0.3 is 0 Å². The number of hydrogen-bond acceptors (Lipinski definition) is 4. The van der Waals surface area contributed by atoms with Crippen LogP contribution in [-0.2, 0) is 24.3 Å². The second kappa shape index (κ2) is 11.6. The Balaban J connectivity index is 1.46. The molecule has 0 bridgehead atoms. The molecule has 0 spiro atoms. The van der Waals surface area contributed by atoms with E-state index in [2.05, 4.69) is 15.6 Å². The van der Waals surface area contributed by atoms with Gasteiger partial charge in [0.2, 0.25) is 5.91 Å². The molecule has 4 aromatic rings. The van der Waals surface area contributed by atoms with Crippen molar-refractivity contribution in [1.82, 2.24) is 15.6 Å². The molecule has 2 amide bonds. The molecule has 1 aromatic heterocycles. The normalized spacial score (nSPS) is 10.4. The number of aromatic nitrogens is 1. The molecule has 0 saturated carbocycles. The van der Waals surface area contributed by atoms with Crippen molar-refractivity contribution in [1.29, 1.82) is 0 Å². The van der Waals surface area contributed by atoms with Crippen LogP contribution >= 0.6 is 0 Å². The predicted octanol–water partition coefficient (Wildman–Crippen LogP) is 4.55. The fraction of sp³-hybridized carbons (Fsp3) is 0.138. The lowest BCUT2D eigenvalue weighted by molar-refractivity contribution is -0.120. The van der Waals surface area contributed by atoms with Gasteiger partial charge in [0.05, 0.1) is 25.8 Å². The molecule has 0 radical (unpaired) electrons. The third-order valence-electron chi connectivity index (χ3n) is 5.64. The van der Waals surface area contributed by atoms with Crippen LogP contribution in [0.3, 0.4) is 0 Å². The van der Waals surface area contributed by atoms with Crippen LogP contribution in [0.5, 0.6) is 5.75 Å². The van der Waals surface area contributed by atoms with Gasteiger partial charge in [-0.25, -0.2) is 0 Å². The number of benzene rings is 3. The largest absolute Gasteiger partial charge is 0.497 e. The SMILES string of the molecule is COc1ccc(CC(=O)NCc2ccccc2-c2ccccc2C(=O)NCc2ccccn2)cc1. The van der Waals surface area contributed by atoms with Crippen molar-refractivity contribution in [2.75, 3.05) is 7.11 Å². The summed E-state index contributed by atoms with van der Waals surface area (Å²) < 4.78 is 5.17. The smallest absolute Gasteiger partial charge is 0.252 e. The minimum absolute atomic E-state index is 0.0774. The summed E-state index contributed by atoms with van der Waals surface area (Å²) in [5.74, 6) is 0.502. The summed E-state index contributed by atoms with van der Waals surface area (Å²) in [5.41, 5.74) is 4.91. The molecule has 3 aromatic carbocycles. The van der Waals surface area contributed by atoms with E-state index in [0.717, 1.165) is 33.7 Å². The number of carbonyl (C=O) groups excluding carboxylic acids is 2. The van der Waals surface area contributed by atoms with Gasteiger partial charge < -0.3 is 15.4 Å². The highest BCUT2D eigenvalue weighted by molar-refractivity contribution is 6.01. The van der Waals surface area contributed by atoms with Crippen LogP contribution in [-0.4, -0.2) is 23.9 Å². The van der Waals surface area contributed by atoms with E-state index in [0.29, 0.717) is 18.7 Å². The molecular weight excluding hydrogens is 438 g/mol. The summed E-state index contributed by atoms with van der Waals surface area (Å²) in [7, 11) is 1.61. The molecule has 0 saturated heterocycles. The highest BCUT2D eigenvalue weighted by atomic mass is 16.5. The Bertz CT molecular complexity index is 1290. The lowest BCUT2D eigenvalue weighted by Gasteiger charge is -2.15. The number of carbonyl (C=O) groups is 2. The highest BCUT2D eigenvalue weighted by Gasteiger charge is 2.15. The number of nitrogens with one attached hydrogen (secondary N) is 2. The van der Waals surface area contributed by atoms with E-state index in [4.69, 9.17) is 4.74 Å². The molecule has 6 nitrogen and oxygen atoms in total. The monoisotopic (exact) mass is 465 g/mol. The fourth-order valence-electron chi connectivity index (χ4n) is 3.81. The van der Waals surface area contributed by atoms with Gasteiger partial charge in [0, 0.05) is 18.3 Å². The van der Waals surface area contributed by atoms with Crippen LogP contribution in [0.1, 0.15) is 27.2 Å². The van der Waals surface area contributed by atoms with Gasteiger partial charge in [0.25, 0.3) is 5.91 Å². The Hall–Kier alpha value is -4.45. The zero-order valence-corrected chi connectivity index (χ0v) is 19.5. The molecule has 0 fully saturated rings. The Morgan fingerprint density at radius 2 is 1.49 bits per heavy atom. The molecule has 35 heavy (non-hydrogen) atoms. The summed E-state index contributed by atoms with van der Waals surface area (Å²) >= 11 is 0. The van der Waals surface area contributed by atoms with Crippen LogP contribution in [0, 0.1) is 0 Å². The Morgan fingerprint density at radius 3 is 2.23 bits per heavy atom. The lowest BCUT2D eigenvalue weighted by Crippen LogP contribution is -2.25. The minimum atomic E-state index is -0.176. The Kier molecular flexibility index (Phi) is 7.86. The first-order valence-corrected chi connectivity index (χ1v) is 11.4. The molecule has 0 aliphatic carbocycles. The van der Waals surface area contributed by atoms with Crippen LogP contribution in [0.4, 0.5) is 0 Å². The maximum absolute atomic E-state index is 13.0. The second-order valence-electron chi connectivity index (χ2n) is 8.01. The van der Waals surface area contributed by atoms with Crippen LogP contribution in [0.15, 0.2) is 97.2 Å². The average molecular weight is 466 g/mol. The van der Waals surface area contributed by atoms with E-state index in [-0.39, 0.29) is 18.2 Å². The first kappa shape index (κ1) is 23.7. The van der Waals surface area contributed by atoms with Gasteiger partial charge in [0.1, 0.15) is 5.75 Å². The second-order valence-corrected chi connectivity index (χ2v) is 8.01.